The number of carbonyl (C=O) groups excluding carboxylic acids is 2. The first-order valence-corrected chi connectivity index (χ1v) is 8.84. The Kier molecular flexibility index (Phi) is 5.27. The fraction of sp³-hybridized carbons (Fsp3) is 0.158. The monoisotopic (exact) mass is 385 g/mol. The van der Waals surface area contributed by atoms with E-state index < -0.39 is 17.7 Å². The lowest BCUT2D eigenvalue weighted by Crippen LogP contribution is -2.13. The van der Waals surface area contributed by atoms with Gasteiger partial charge in [-0.25, -0.2) is 14.2 Å². The van der Waals surface area contributed by atoms with Crippen LogP contribution in [-0.2, 0) is 4.74 Å². The Balaban J connectivity index is 1.90. The molecule has 0 radical (unpaired) electrons. The Labute approximate surface area is 158 Å². The van der Waals surface area contributed by atoms with Crippen LogP contribution in [0.25, 0.3) is 10.9 Å². The van der Waals surface area contributed by atoms with Crippen molar-refractivity contribution in [1.82, 2.24) is 9.97 Å². The average molecular weight is 385 g/mol. The van der Waals surface area contributed by atoms with E-state index in [1.807, 2.05) is 0 Å². The Morgan fingerprint density at radius 2 is 2.07 bits per heavy atom. The number of anilines is 1. The van der Waals surface area contributed by atoms with Gasteiger partial charge in [-0.1, -0.05) is 24.0 Å². The molecule has 0 aliphatic rings. The van der Waals surface area contributed by atoms with Crippen molar-refractivity contribution in [3.8, 4) is 0 Å². The molecule has 0 aliphatic heterocycles. The zero-order valence-corrected chi connectivity index (χ0v) is 15.5. The molecule has 0 bridgehead atoms. The molecule has 138 valence electrons. The van der Waals surface area contributed by atoms with Crippen molar-refractivity contribution in [2.75, 3.05) is 11.9 Å². The van der Waals surface area contributed by atoms with Gasteiger partial charge >= 0.3 is 5.97 Å². The molecule has 2 heterocycles. The summed E-state index contributed by atoms with van der Waals surface area (Å²) in [6.07, 6.45) is 1.47. The highest BCUT2D eigenvalue weighted by atomic mass is 32.1. The lowest BCUT2D eigenvalue weighted by Gasteiger charge is -2.07. The molecular formula is C19H16FN3O3S. The van der Waals surface area contributed by atoms with E-state index in [4.69, 9.17) is 4.74 Å². The number of hydrogen-bond donors (Lipinski definition) is 1. The van der Waals surface area contributed by atoms with Crippen LogP contribution in [0.4, 0.5) is 9.52 Å². The standard InChI is InChI=1S/C19H16FN3O3S/c1-4-7-26-18(25)16-11(3)22-19(27-16)23-17(24)14-8-10(2)21-15-6-5-12(20)9-13(14)15/h4-6,8-9H,1,7H2,2-3H3,(H,22,23,24). The van der Waals surface area contributed by atoms with Crippen molar-refractivity contribution >= 4 is 39.2 Å². The Morgan fingerprint density at radius 3 is 2.81 bits per heavy atom. The van der Waals surface area contributed by atoms with Gasteiger partial charge in [0.15, 0.2) is 5.13 Å². The van der Waals surface area contributed by atoms with Gasteiger partial charge < -0.3 is 4.74 Å². The molecule has 8 heteroatoms. The molecule has 1 aromatic carbocycles. The number of halogens is 1. The summed E-state index contributed by atoms with van der Waals surface area (Å²) in [4.78, 5) is 33.5. The SMILES string of the molecule is C=CCOC(=O)c1sc(NC(=O)c2cc(C)nc3ccc(F)cc23)nc1C. The van der Waals surface area contributed by atoms with E-state index in [0.717, 1.165) is 11.3 Å². The summed E-state index contributed by atoms with van der Waals surface area (Å²) in [5, 5.41) is 3.31. The third-order valence-corrected chi connectivity index (χ3v) is 4.73. The topological polar surface area (TPSA) is 81.2 Å². The highest BCUT2D eigenvalue weighted by Crippen LogP contribution is 2.26. The zero-order valence-electron chi connectivity index (χ0n) is 14.7. The highest BCUT2D eigenvalue weighted by molar-refractivity contribution is 7.17. The quantitative estimate of drug-likeness (QED) is 0.529. The lowest BCUT2D eigenvalue weighted by atomic mass is 10.1. The maximum Gasteiger partial charge on any atom is 0.350 e. The van der Waals surface area contributed by atoms with Gasteiger partial charge in [0.25, 0.3) is 5.91 Å². The molecule has 0 aliphatic carbocycles. The average Bonchev–Trinajstić information content (AvgIpc) is 2.99. The smallest absolute Gasteiger partial charge is 0.350 e. The largest absolute Gasteiger partial charge is 0.457 e. The first-order chi connectivity index (χ1) is 12.9. The molecule has 1 amide bonds. The summed E-state index contributed by atoms with van der Waals surface area (Å²) >= 11 is 1.01. The van der Waals surface area contributed by atoms with Crippen molar-refractivity contribution in [1.29, 1.82) is 0 Å². The van der Waals surface area contributed by atoms with E-state index in [1.165, 1.54) is 24.3 Å². The van der Waals surface area contributed by atoms with E-state index in [9.17, 15) is 14.0 Å². The number of pyridine rings is 1. The number of nitrogens with one attached hydrogen (secondary N) is 1. The number of thiazole rings is 1. The molecule has 0 atom stereocenters. The van der Waals surface area contributed by atoms with Gasteiger partial charge in [0.05, 0.1) is 16.8 Å². The van der Waals surface area contributed by atoms with Crippen LogP contribution < -0.4 is 5.32 Å². The normalized spacial score (nSPS) is 10.6. The number of rotatable bonds is 5. The number of hydrogen-bond acceptors (Lipinski definition) is 6. The van der Waals surface area contributed by atoms with Crippen LogP contribution in [-0.4, -0.2) is 28.5 Å². The van der Waals surface area contributed by atoms with Crippen LogP contribution in [0.15, 0.2) is 36.9 Å². The van der Waals surface area contributed by atoms with Gasteiger partial charge in [0, 0.05) is 11.1 Å². The summed E-state index contributed by atoms with van der Waals surface area (Å²) in [6.45, 7) is 6.98. The summed E-state index contributed by atoms with van der Waals surface area (Å²) in [5.74, 6) is -1.45. The number of benzene rings is 1. The van der Waals surface area contributed by atoms with Crippen molar-refractivity contribution in [2.45, 2.75) is 13.8 Å². The summed E-state index contributed by atoms with van der Waals surface area (Å²) in [7, 11) is 0. The van der Waals surface area contributed by atoms with Gasteiger partial charge in [0.2, 0.25) is 0 Å². The van der Waals surface area contributed by atoms with Crippen LogP contribution in [0.2, 0.25) is 0 Å². The minimum absolute atomic E-state index is 0.0890. The third kappa shape index (κ3) is 4.01. The maximum atomic E-state index is 13.6. The van der Waals surface area contributed by atoms with E-state index in [2.05, 4.69) is 21.9 Å². The van der Waals surface area contributed by atoms with Crippen molar-refractivity contribution in [3.63, 3.8) is 0 Å². The van der Waals surface area contributed by atoms with E-state index in [0.29, 0.717) is 27.2 Å². The lowest BCUT2D eigenvalue weighted by molar-refractivity contribution is 0.0554. The Hall–Kier alpha value is -3.13. The molecule has 0 spiro atoms. The number of fused-ring (bicyclic) bond motifs is 1. The number of carbonyl (C=O) groups is 2. The molecule has 1 N–H and O–H groups in total. The van der Waals surface area contributed by atoms with Gasteiger partial charge in [-0.2, -0.15) is 0 Å². The summed E-state index contributed by atoms with van der Waals surface area (Å²) in [6, 6.07) is 5.66. The van der Waals surface area contributed by atoms with Crippen LogP contribution in [0.3, 0.4) is 0 Å². The Morgan fingerprint density at radius 1 is 1.30 bits per heavy atom. The number of aromatic nitrogens is 2. The number of ether oxygens (including phenoxy) is 1. The van der Waals surface area contributed by atoms with Gasteiger partial charge in [-0.15, -0.1) is 0 Å². The number of nitrogens with zero attached hydrogens (tertiary/aromatic N) is 2. The molecule has 3 aromatic rings. The minimum Gasteiger partial charge on any atom is -0.457 e. The van der Waals surface area contributed by atoms with Crippen molar-refractivity contribution in [3.05, 3.63) is 64.6 Å². The second-order valence-corrected chi connectivity index (χ2v) is 6.75. The van der Waals surface area contributed by atoms with Crippen LogP contribution in [0.1, 0.15) is 31.4 Å². The molecule has 0 saturated carbocycles. The minimum atomic E-state index is -0.530. The van der Waals surface area contributed by atoms with Crippen molar-refractivity contribution in [2.24, 2.45) is 0 Å². The second-order valence-electron chi connectivity index (χ2n) is 5.75. The zero-order chi connectivity index (χ0) is 19.6. The van der Waals surface area contributed by atoms with Gasteiger partial charge in [-0.05, 0) is 38.1 Å². The van der Waals surface area contributed by atoms with E-state index in [1.54, 1.807) is 19.9 Å². The van der Waals surface area contributed by atoms with E-state index in [-0.39, 0.29) is 17.3 Å². The molecule has 6 nitrogen and oxygen atoms in total. The number of amides is 1. The molecular weight excluding hydrogens is 369 g/mol. The molecule has 0 fully saturated rings. The predicted molar refractivity (Wildman–Crippen MR) is 102 cm³/mol. The van der Waals surface area contributed by atoms with E-state index >= 15 is 0 Å². The van der Waals surface area contributed by atoms with Gasteiger partial charge in [-0.3, -0.25) is 15.1 Å². The van der Waals surface area contributed by atoms with Crippen molar-refractivity contribution < 1.29 is 18.7 Å². The first kappa shape index (κ1) is 18.7. The summed E-state index contributed by atoms with van der Waals surface area (Å²) < 4.78 is 18.6. The second kappa shape index (κ2) is 7.63. The molecule has 0 unspecified atom stereocenters. The third-order valence-electron chi connectivity index (χ3n) is 3.68. The first-order valence-electron chi connectivity index (χ1n) is 8.02. The molecule has 2 aromatic heterocycles. The highest BCUT2D eigenvalue weighted by Gasteiger charge is 2.19. The maximum absolute atomic E-state index is 13.6. The fourth-order valence-corrected chi connectivity index (χ4v) is 3.38. The van der Waals surface area contributed by atoms with Crippen LogP contribution in [0.5, 0.6) is 0 Å². The fourth-order valence-electron chi connectivity index (χ4n) is 2.52. The van der Waals surface area contributed by atoms with Gasteiger partial charge in [0.1, 0.15) is 17.3 Å². The summed E-state index contributed by atoms with van der Waals surface area (Å²) in [5.41, 5.74) is 1.88. The molecule has 0 saturated heterocycles. The van der Waals surface area contributed by atoms with Crippen LogP contribution in [0, 0.1) is 19.7 Å². The Bertz CT molecular complexity index is 1060. The predicted octanol–water partition coefficient (Wildman–Crippen LogP) is 4.04. The number of esters is 1. The number of aryl methyl sites for hydroxylation is 2. The molecule has 27 heavy (non-hydrogen) atoms. The molecule has 3 rings (SSSR count). The van der Waals surface area contributed by atoms with Crippen LogP contribution >= 0.6 is 11.3 Å².